The van der Waals surface area contributed by atoms with Crippen LogP contribution in [0.2, 0.25) is 0 Å². The highest BCUT2D eigenvalue weighted by Gasteiger charge is 2.23. The van der Waals surface area contributed by atoms with Crippen molar-refractivity contribution in [1.82, 2.24) is 5.32 Å². The molecule has 5 rings (SSSR count). The molecule has 0 aliphatic rings. The van der Waals surface area contributed by atoms with E-state index in [2.05, 4.69) is 16.0 Å². The summed E-state index contributed by atoms with van der Waals surface area (Å²) in [5, 5.41) is 8.20. The predicted octanol–water partition coefficient (Wildman–Crippen LogP) is 8.19. The Morgan fingerprint density at radius 3 is 1.98 bits per heavy atom. The van der Waals surface area contributed by atoms with E-state index in [1.807, 2.05) is 80.6 Å². The van der Waals surface area contributed by atoms with Crippen LogP contribution in [0.4, 0.5) is 11.4 Å². The van der Waals surface area contributed by atoms with E-state index in [1.54, 1.807) is 73.8 Å². The van der Waals surface area contributed by atoms with E-state index in [0.717, 1.165) is 27.3 Å². The molecule has 7 nitrogen and oxygen atoms in total. The second kappa shape index (κ2) is 15.6. The summed E-state index contributed by atoms with van der Waals surface area (Å²) < 4.78 is 5.24. The summed E-state index contributed by atoms with van der Waals surface area (Å²) in [7, 11) is 1.58. The zero-order valence-electron chi connectivity index (χ0n) is 26.3. The van der Waals surface area contributed by atoms with E-state index in [9.17, 15) is 14.4 Å². The standard InChI is InChI=1S/C39H35N3O4S/c1-26-14-17-32(24-27(26)2)41-39(45)36(29-10-6-4-7-11-29)47-34-22-18-31(19-23-34)40-38(44)35(25-28-15-20-33(46-3)21-16-28)42-37(43)30-12-8-5-9-13-30/h4-25,36H,1-3H3,(H,40,44)(H,41,45)(H,42,43)/b35-25-. The van der Waals surface area contributed by atoms with Crippen molar-refractivity contribution < 1.29 is 19.1 Å². The van der Waals surface area contributed by atoms with Gasteiger partial charge in [-0.15, -0.1) is 11.8 Å². The second-order valence-electron chi connectivity index (χ2n) is 10.8. The molecule has 0 aromatic heterocycles. The van der Waals surface area contributed by atoms with Crippen LogP contribution in [-0.2, 0) is 9.59 Å². The Kier molecular flexibility index (Phi) is 10.9. The van der Waals surface area contributed by atoms with Gasteiger partial charge >= 0.3 is 0 Å². The molecule has 0 saturated carbocycles. The Morgan fingerprint density at radius 2 is 1.34 bits per heavy atom. The van der Waals surface area contributed by atoms with Gasteiger partial charge in [0.1, 0.15) is 16.7 Å². The van der Waals surface area contributed by atoms with Crippen LogP contribution in [0, 0.1) is 13.8 Å². The molecule has 0 fully saturated rings. The number of hydrogen-bond acceptors (Lipinski definition) is 5. The monoisotopic (exact) mass is 641 g/mol. The van der Waals surface area contributed by atoms with Crippen molar-refractivity contribution in [3.05, 3.63) is 161 Å². The number of methoxy groups -OCH3 is 1. The van der Waals surface area contributed by atoms with Crippen LogP contribution >= 0.6 is 11.8 Å². The summed E-state index contributed by atoms with van der Waals surface area (Å²) >= 11 is 1.42. The second-order valence-corrected chi connectivity index (χ2v) is 12.0. The molecule has 47 heavy (non-hydrogen) atoms. The van der Waals surface area contributed by atoms with E-state index in [-0.39, 0.29) is 11.6 Å². The molecule has 8 heteroatoms. The van der Waals surface area contributed by atoms with Crippen LogP contribution in [0.15, 0.2) is 138 Å². The van der Waals surface area contributed by atoms with Gasteiger partial charge in [0, 0.05) is 21.8 Å². The number of anilines is 2. The first-order valence-electron chi connectivity index (χ1n) is 15.0. The van der Waals surface area contributed by atoms with Gasteiger partial charge in [-0.2, -0.15) is 0 Å². The normalized spacial score (nSPS) is 11.7. The molecule has 5 aromatic carbocycles. The number of rotatable bonds is 11. The molecule has 5 aromatic rings. The molecule has 3 N–H and O–H groups in total. The number of carbonyl (C=O) groups excluding carboxylic acids is 3. The maximum atomic E-state index is 13.5. The molecule has 3 amide bonds. The molecule has 1 unspecified atom stereocenters. The summed E-state index contributed by atoms with van der Waals surface area (Å²) in [5.74, 6) is -0.348. The zero-order chi connectivity index (χ0) is 33.2. The Balaban J connectivity index is 1.33. The SMILES string of the molecule is COc1ccc(/C=C(\NC(=O)c2ccccc2)C(=O)Nc2ccc(SC(C(=O)Nc3ccc(C)c(C)c3)c3ccccc3)cc2)cc1. The van der Waals surface area contributed by atoms with Crippen molar-refractivity contribution in [2.24, 2.45) is 0 Å². The Morgan fingerprint density at radius 1 is 0.702 bits per heavy atom. The number of aryl methyl sites for hydroxylation is 2. The van der Waals surface area contributed by atoms with Gasteiger partial charge in [0.15, 0.2) is 0 Å². The molecule has 0 saturated heterocycles. The number of ether oxygens (including phenoxy) is 1. The van der Waals surface area contributed by atoms with Gasteiger partial charge in [0.25, 0.3) is 11.8 Å². The molecular formula is C39H35N3O4S. The van der Waals surface area contributed by atoms with Crippen LogP contribution in [0.5, 0.6) is 5.75 Å². The Labute approximate surface area is 279 Å². The summed E-state index contributed by atoms with van der Waals surface area (Å²) in [6.45, 7) is 4.05. The topological polar surface area (TPSA) is 96.5 Å². The van der Waals surface area contributed by atoms with E-state index in [0.29, 0.717) is 22.6 Å². The maximum Gasteiger partial charge on any atom is 0.272 e. The number of nitrogens with one attached hydrogen (secondary N) is 3. The molecule has 1 atom stereocenters. The number of benzene rings is 5. The van der Waals surface area contributed by atoms with E-state index < -0.39 is 17.1 Å². The van der Waals surface area contributed by atoms with Gasteiger partial charge in [-0.3, -0.25) is 14.4 Å². The van der Waals surface area contributed by atoms with Crippen molar-refractivity contribution in [3.8, 4) is 5.75 Å². The third kappa shape index (κ3) is 8.99. The highest BCUT2D eigenvalue weighted by molar-refractivity contribution is 8.00. The molecule has 0 radical (unpaired) electrons. The van der Waals surface area contributed by atoms with Gasteiger partial charge in [-0.25, -0.2) is 0 Å². The third-order valence-electron chi connectivity index (χ3n) is 7.44. The minimum Gasteiger partial charge on any atom is -0.497 e. The largest absolute Gasteiger partial charge is 0.497 e. The molecule has 0 heterocycles. The van der Waals surface area contributed by atoms with Gasteiger partial charge in [0.2, 0.25) is 5.91 Å². The van der Waals surface area contributed by atoms with Crippen molar-refractivity contribution >= 4 is 46.9 Å². The Bertz CT molecular complexity index is 1870. The van der Waals surface area contributed by atoms with Crippen molar-refractivity contribution in [2.45, 2.75) is 24.0 Å². The molecule has 0 spiro atoms. The predicted molar refractivity (Wildman–Crippen MR) is 190 cm³/mol. The van der Waals surface area contributed by atoms with Crippen LogP contribution in [0.3, 0.4) is 0 Å². The fourth-order valence-corrected chi connectivity index (χ4v) is 5.71. The first kappa shape index (κ1) is 32.8. The van der Waals surface area contributed by atoms with Crippen LogP contribution in [-0.4, -0.2) is 24.8 Å². The van der Waals surface area contributed by atoms with E-state index >= 15 is 0 Å². The first-order valence-corrected chi connectivity index (χ1v) is 15.9. The number of thioether (sulfide) groups is 1. The van der Waals surface area contributed by atoms with Crippen molar-refractivity contribution in [2.75, 3.05) is 17.7 Å². The highest BCUT2D eigenvalue weighted by Crippen LogP contribution is 2.37. The summed E-state index contributed by atoms with van der Waals surface area (Å²) in [6.07, 6.45) is 1.61. The lowest BCUT2D eigenvalue weighted by molar-refractivity contribution is -0.116. The van der Waals surface area contributed by atoms with Crippen molar-refractivity contribution in [1.29, 1.82) is 0 Å². The van der Waals surface area contributed by atoms with Crippen LogP contribution in [0.1, 0.15) is 37.9 Å². The fraction of sp³-hybridized carbons (Fsp3) is 0.103. The molecule has 0 bridgehead atoms. The molecule has 0 aliphatic carbocycles. The summed E-state index contributed by atoms with van der Waals surface area (Å²) in [5.41, 5.74) is 5.63. The fourth-order valence-electron chi connectivity index (χ4n) is 4.69. The van der Waals surface area contributed by atoms with Crippen LogP contribution in [0.25, 0.3) is 6.08 Å². The number of hydrogen-bond donors (Lipinski definition) is 3. The van der Waals surface area contributed by atoms with Crippen molar-refractivity contribution in [3.63, 3.8) is 0 Å². The molecular weight excluding hydrogens is 607 g/mol. The van der Waals surface area contributed by atoms with Crippen LogP contribution < -0.4 is 20.7 Å². The number of amides is 3. The van der Waals surface area contributed by atoms with Gasteiger partial charge in [0.05, 0.1) is 7.11 Å². The van der Waals surface area contributed by atoms with E-state index in [1.165, 1.54) is 11.8 Å². The third-order valence-corrected chi connectivity index (χ3v) is 8.70. The summed E-state index contributed by atoms with van der Waals surface area (Å²) in [6, 6.07) is 38.6. The van der Waals surface area contributed by atoms with E-state index in [4.69, 9.17) is 4.74 Å². The minimum absolute atomic E-state index is 0.0784. The summed E-state index contributed by atoms with van der Waals surface area (Å²) in [4.78, 5) is 40.9. The average Bonchev–Trinajstić information content (AvgIpc) is 3.10. The maximum absolute atomic E-state index is 13.5. The smallest absolute Gasteiger partial charge is 0.272 e. The lowest BCUT2D eigenvalue weighted by Gasteiger charge is -2.18. The number of carbonyl (C=O) groups is 3. The highest BCUT2D eigenvalue weighted by atomic mass is 32.2. The van der Waals surface area contributed by atoms with Gasteiger partial charge in [-0.1, -0.05) is 66.7 Å². The van der Waals surface area contributed by atoms with Gasteiger partial charge < -0.3 is 20.7 Å². The Hall–Kier alpha value is -5.60. The molecule has 0 aliphatic heterocycles. The minimum atomic E-state index is -0.509. The molecule has 236 valence electrons. The zero-order valence-corrected chi connectivity index (χ0v) is 27.1. The average molecular weight is 642 g/mol. The quantitative estimate of drug-likeness (QED) is 0.0998. The first-order chi connectivity index (χ1) is 22.8. The van der Waals surface area contributed by atoms with Gasteiger partial charge in [-0.05, 0) is 103 Å². The lowest BCUT2D eigenvalue weighted by atomic mass is 10.1. The lowest BCUT2D eigenvalue weighted by Crippen LogP contribution is -2.30.